The van der Waals surface area contributed by atoms with Gasteiger partial charge in [-0.3, -0.25) is 9.59 Å². The van der Waals surface area contributed by atoms with E-state index in [0.717, 1.165) is 11.8 Å². The van der Waals surface area contributed by atoms with Crippen LogP contribution in [0.1, 0.15) is 12.1 Å². The van der Waals surface area contributed by atoms with Crippen LogP contribution in [-0.4, -0.2) is 21.8 Å². The quantitative estimate of drug-likeness (QED) is 0.330. The maximum Gasteiger partial charge on any atom is 0.233 e. The summed E-state index contributed by atoms with van der Waals surface area (Å²) in [6.07, 6.45) is 1.07. The first-order valence-corrected chi connectivity index (χ1v) is 9.64. The molecular weight excluding hydrogens is 454 g/mol. The molecule has 2 heterocycles. The van der Waals surface area contributed by atoms with Crippen molar-refractivity contribution in [1.29, 1.82) is 0 Å². The monoisotopic (exact) mass is 472 g/mol. The Hall–Kier alpha value is -3.98. The van der Waals surface area contributed by atoms with Crippen LogP contribution in [0.15, 0.2) is 60.8 Å². The van der Waals surface area contributed by atoms with Crippen molar-refractivity contribution in [2.45, 2.75) is 13.3 Å². The van der Waals surface area contributed by atoms with Crippen molar-refractivity contribution in [3.05, 3.63) is 78.1 Å². The fourth-order valence-electron chi connectivity index (χ4n) is 3.09. The van der Waals surface area contributed by atoms with Crippen LogP contribution in [0.4, 0.5) is 20.2 Å². The summed E-state index contributed by atoms with van der Waals surface area (Å²) < 4.78 is 33.2. The number of nitrogens with one attached hydrogen (secondary N) is 3. The predicted octanol–water partition coefficient (Wildman–Crippen LogP) is 5.33. The lowest BCUT2D eigenvalue weighted by Gasteiger charge is -2.10. The number of carbonyl (C=O) groups is 2. The van der Waals surface area contributed by atoms with Gasteiger partial charge < -0.3 is 20.4 Å². The first kappa shape index (κ1) is 23.7. The molecule has 2 aromatic heterocycles. The van der Waals surface area contributed by atoms with Crippen LogP contribution < -0.4 is 15.4 Å². The summed E-state index contributed by atoms with van der Waals surface area (Å²) in [5.41, 5.74) is 2.06. The van der Waals surface area contributed by atoms with Gasteiger partial charge in [0.25, 0.3) is 0 Å². The maximum absolute atomic E-state index is 14.6. The van der Waals surface area contributed by atoms with Gasteiger partial charge in [-0.1, -0.05) is 0 Å². The average Bonchev–Trinajstić information content (AvgIpc) is 3.12. The summed E-state index contributed by atoms with van der Waals surface area (Å²) in [7, 11) is 0. The zero-order valence-corrected chi connectivity index (χ0v) is 18.1. The van der Waals surface area contributed by atoms with Gasteiger partial charge in [0.1, 0.15) is 23.6 Å². The number of amides is 2. The zero-order valence-electron chi connectivity index (χ0n) is 17.3. The fraction of sp³-hybridized carbons (Fsp3) is 0.0870. The lowest BCUT2D eigenvalue weighted by atomic mass is 10.2. The molecule has 170 valence electrons. The molecule has 0 aliphatic heterocycles. The maximum atomic E-state index is 14.6. The SMILES string of the molecule is Cc1cc2c(Oc3ccc(NC(=O)CC(=O)Nc4ccc(F)cc4)cc3F)ccnc2[nH]1.Cl. The summed E-state index contributed by atoms with van der Waals surface area (Å²) >= 11 is 0. The second-order valence-corrected chi connectivity index (χ2v) is 7.05. The summed E-state index contributed by atoms with van der Waals surface area (Å²) in [5, 5.41) is 5.66. The number of aromatic amines is 1. The largest absolute Gasteiger partial charge is 0.453 e. The lowest BCUT2D eigenvalue weighted by Crippen LogP contribution is -2.21. The zero-order chi connectivity index (χ0) is 22.7. The molecule has 0 aliphatic carbocycles. The Balaban J connectivity index is 0.00000306. The number of nitrogens with zero attached hydrogens (tertiary/aromatic N) is 1. The number of ether oxygens (including phenoxy) is 1. The van der Waals surface area contributed by atoms with Gasteiger partial charge in [-0.25, -0.2) is 13.8 Å². The minimum absolute atomic E-state index is 0. The van der Waals surface area contributed by atoms with Gasteiger partial charge in [0, 0.05) is 29.3 Å². The van der Waals surface area contributed by atoms with Crippen LogP contribution in [0.2, 0.25) is 0 Å². The van der Waals surface area contributed by atoms with Crippen LogP contribution >= 0.6 is 12.4 Å². The molecule has 0 saturated carbocycles. The molecule has 2 amide bonds. The molecule has 0 aliphatic rings. The number of hydrogen-bond donors (Lipinski definition) is 3. The molecule has 33 heavy (non-hydrogen) atoms. The molecule has 0 fully saturated rings. The minimum Gasteiger partial charge on any atom is -0.453 e. The van der Waals surface area contributed by atoms with Crippen LogP contribution in [0, 0.1) is 18.6 Å². The van der Waals surface area contributed by atoms with Crippen LogP contribution in [0.3, 0.4) is 0 Å². The molecule has 0 unspecified atom stereocenters. The van der Waals surface area contributed by atoms with Gasteiger partial charge in [0.05, 0.1) is 5.39 Å². The van der Waals surface area contributed by atoms with E-state index >= 15 is 0 Å². The third kappa shape index (κ3) is 5.83. The number of H-pyrrole nitrogens is 1. The molecule has 0 saturated heterocycles. The highest BCUT2D eigenvalue weighted by Gasteiger charge is 2.14. The topological polar surface area (TPSA) is 96.1 Å². The van der Waals surface area contributed by atoms with E-state index in [0.29, 0.717) is 22.5 Å². The van der Waals surface area contributed by atoms with E-state index in [4.69, 9.17) is 4.74 Å². The van der Waals surface area contributed by atoms with Crippen molar-refractivity contribution < 1.29 is 23.1 Å². The standard InChI is InChI=1S/C23H18F2N4O3.ClH/c1-13-10-17-19(8-9-26-23(17)27-13)32-20-7-6-16(11-18(20)25)29-22(31)12-21(30)28-15-4-2-14(24)3-5-15;/h2-11H,12H2,1H3,(H,26,27)(H,28,30)(H,29,31);1H. The molecule has 2 aromatic carbocycles. The lowest BCUT2D eigenvalue weighted by molar-refractivity contribution is -0.123. The van der Waals surface area contributed by atoms with Crippen molar-refractivity contribution in [1.82, 2.24) is 9.97 Å². The predicted molar refractivity (Wildman–Crippen MR) is 123 cm³/mol. The van der Waals surface area contributed by atoms with E-state index in [9.17, 15) is 18.4 Å². The third-order valence-corrected chi connectivity index (χ3v) is 4.51. The molecule has 3 N–H and O–H groups in total. The van der Waals surface area contributed by atoms with Gasteiger partial charge in [-0.15, -0.1) is 12.4 Å². The Morgan fingerprint density at radius 2 is 1.61 bits per heavy atom. The first-order chi connectivity index (χ1) is 15.4. The van der Waals surface area contributed by atoms with Crippen molar-refractivity contribution in [3.63, 3.8) is 0 Å². The normalized spacial score (nSPS) is 10.4. The van der Waals surface area contributed by atoms with Crippen LogP contribution in [0.5, 0.6) is 11.5 Å². The first-order valence-electron chi connectivity index (χ1n) is 9.64. The number of fused-ring (bicyclic) bond motifs is 1. The number of pyridine rings is 1. The van der Waals surface area contributed by atoms with Crippen molar-refractivity contribution in [3.8, 4) is 11.5 Å². The molecule has 4 rings (SSSR count). The van der Waals surface area contributed by atoms with E-state index in [2.05, 4.69) is 20.6 Å². The van der Waals surface area contributed by atoms with Crippen molar-refractivity contribution in [2.75, 3.05) is 10.6 Å². The summed E-state index contributed by atoms with van der Waals surface area (Å²) in [6.45, 7) is 1.88. The Kier molecular flexibility index (Phi) is 7.24. The van der Waals surface area contributed by atoms with Gasteiger partial charge in [0.2, 0.25) is 11.8 Å². The number of rotatable bonds is 6. The Labute approximate surface area is 193 Å². The van der Waals surface area contributed by atoms with Gasteiger partial charge in [0.15, 0.2) is 11.6 Å². The van der Waals surface area contributed by atoms with E-state index in [-0.39, 0.29) is 23.8 Å². The number of halogens is 3. The Morgan fingerprint density at radius 1 is 0.939 bits per heavy atom. The summed E-state index contributed by atoms with van der Waals surface area (Å²) in [5.74, 6) is -1.92. The molecule has 0 atom stereocenters. The number of aryl methyl sites for hydroxylation is 1. The molecule has 4 aromatic rings. The van der Waals surface area contributed by atoms with Crippen LogP contribution in [0.25, 0.3) is 11.0 Å². The molecule has 0 bridgehead atoms. The van der Waals surface area contributed by atoms with E-state index in [1.54, 1.807) is 12.3 Å². The van der Waals surface area contributed by atoms with E-state index in [1.807, 2.05) is 13.0 Å². The molecule has 0 spiro atoms. The number of hydrogen-bond acceptors (Lipinski definition) is 4. The van der Waals surface area contributed by atoms with Crippen LogP contribution in [-0.2, 0) is 9.59 Å². The second kappa shape index (κ2) is 10.1. The highest BCUT2D eigenvalue weighted by molar-refractivity contribution is 6.08. The minimum atomic E-state index is -0.684. The van der Waals surface area contributed by atoms with E-state index < -0.39 is 29.9 Å². The summed E-state index contributed by atoms with van der Waals surface area (Å²) in [6, 6.07) is 12.6. The van der Waals surface area contributed by atoms with Crippen molar-refractivity contribution in [2.24, 2.45) is 0 Å². The fourth-order valence-corrected chi connectivity index (χ4v) is 3.09. The summed E-state index contributed by atoms with van der Waals surface area (Å²) in [4.78, 5) is 31.4. The van der Waals surface area contributed by atoms with Gasteiger partial charge in [-0.05, 0) is 55.5 Å². The number of anilines is 2. The van der Waals surface area contributed by atoms with Crippen molar-refractivity contribution >= 4 is 46.6 Å². The average molecular weight is 473 g/mol. The number of aromatic nitrogens is 2. The Bertz CT molecular complexity index is 1310. The van der Waals surface area contributed by atoms with E-state index in [1.165, 1.54) is 36.4 Å². The van der Waals surface area contributed by atoms with Gasteiger partial charge >= 0.3 is 0 Å². The number of benzene rings is 2. The highest BCUT2D eigenvalue weighted by atomic mass is 35.5. The molecule has 7 nitrogen and oxygen atoms in total. The molecular formula is C23H19ClF2N4O3. The Morgan fingerprint density at radius 3 is 2.30 bits per heavy atom. The molecule has 10 heteroatoms. The third-order valence-electron chi connectivity index (χ3n) is 4.51. The smallest absolute Gasteiger partial charge is 0.233 e. The second-order valence-electron chi connectivity index (χ2n) is 7.05. The number of carbonyl (C=O) groups excluding carboxylic acids is 2. The molecule has 0 radical (unpaired) electrons. The highest BCUT2D eigenvalue weighted by Crippen LogP contribution is 2.31. The van der Waals surface area contributed by atoms with Gasteiger partial charge in [-0.2, -0.15) is 0 Å².